The second kappa shape index (κ2) is 14.7. The van der Waals surface area contributed by atoms with E-state index in [-0.39, 0.29) is 40.1 Å². The minimum absolute atomic E-state index is 0. The Balaban J connectivity index is 0. The fourth-order valence-electron chi connectivity index (χ4n) is 2.69. The van der Waals surface area contributed by atoms with Gasteiger partial charge in [0.15, 0.2) is 0 Å². The third-order valence-electron chi connectivity index (χ3n) is 4.45. The Bertz CT molecular complexity index is 879. The second-order valence-electron chi connectivity index (χ2n) is 7.12. The van der Waals surface area contributed by atoms with Gasteiger partial charge in [-0.05, 0) is 55.5 Å². The molecule has 0 atom stereocenters. The number of phenolic OH excluding ortho intramolecular Hbond substituents is 1. The molecule has 0 aliphatic rings. The Morgan fingerprint density at radius 1 is 0.767 bits per heavy atom. The summed E-state index contributed by atoms with van der Waals surface area (Å²) >= 11 is 0. The van der Waals surface area contributed by atoms with Crippen molar-refractivity contribution in [3.63, 3.8) is 0 Å². The maximum absolute atomic E-state index is 9.64. The Morgan fingerprint density at radius 3 is 1.80 bits per heavy atom. The average Bonchev–Trinajstić information content (AvgIpc) is 2.63. The summed E-state index contributed by atoms with van der Waals surface area (Å²) in [6, 6.07) is 22.0. The van der Waals surface area contributed by atoms with Gasteiger partial charge < -0.3 is 20.0 Å². The van der Waals surface area contributed by atoms with E-state index in [1.807, 2.05) is 44.2 Å². The number of aromatic hydroxyl groups is 1. The van der Waals surface area contributed by atoms with Gasteiger partial charge in [0.05, 0.1) is 5.69 Å². The first-order valence-corrected chi connectivity index (χ1v) is 9.33. The second-order valence-corrected chi connectivity index (χ2v) is 7.12. The van der Waals surface area contributed by atoms with E-state index in [1.54, 1.807) is 18.3 Å². The fraction of sp³-hybridized carbons (Fsp3) is 0.222. The summed E-state index contributed by atoms with van der Waals surface area (Å²) in [5.74, 6) is 0.906. The van der Waals surface area contributed by atoms with Crippen LogP contribution >= 0.6 is 0 Å². The van der Waals surface area contributed by atoms with Gasteiger partial charge in [-0.1, -0.05) is 74.0 Å². The molecule has 0 aliphatic heterocycles. The first-order chi connectivity index (χ1) is 12.9. The van der Waals surface area contributed by atoms with Crippen LogP contribution < -0.4 is 0 Å². The number of phenols is 1. The summed E-state index contributed by atoms with van der Waals surface area (Å²) in [7, 11) is 0. The fourth-order valence-corrected chi connectivity index (χ4v) is 2.69. The predicted octanol–water partition coefficient (Wildman–Crippen LogP) is 7.78. The van der Waals surface area contributed by atoms with Crippen LogP contribution in [0.1, 0.15) is 47.6 Å². The molecule has 0 bridgehead atoms. The van der Waals surface area contributed by atoms with Gasteiger partial charge in [-0.3, -0.25) is 4.99 Å². The van der Waals surface area contributed by atoms with Crippen molar-refractivity contribution < 1.29 is 24.6 Å². The van der Waals surface area contributed by atoms with Crippen molar-refractivity contribution >= 4 is 11.9 Å². The summed E-state index contributed by atoms with van der Waals surface area (Å²) in [4.78, 5) is 4.45. The van der Waals surface area contributed by atoms with Crippen LogP contribution in [0, 0.1) is 35.6 Å². The number of aliphatic imine (C=N–C) groups is 1. The molecule has 162 valence electrons. The van der Waals surface area contributed by atoms with E-state index < -0.39 is 0 Å². The van der Waals surface area contributed by atoms with Gasteiger partial charge in [0.2, 0.25) is 0 Å². The van der Waals surface area contributed by atoms with Gasteiger partial charge in [0, 0.05) is 11.8 Å². The van der Waals surface area contributed by atoms with Gasteiger partial charge in [-0.25, -0.2) is 0 Å². The van der Waals surface area contributed by atoms with E-state index in [0.29, 0.717) is 5.92 Å². The average molecular weight is 491 g/mol. The van der Waals surface area contributed by atoms with Crippen molar-refractivity contribution in [1.82, 2.24) is 0 Å². The van der Waals surface area contributed by atoms with Crippen LogP contribution in [0.2, 0.25) is 0 Å². The molecule has 0 heterocycles. The Morgan fingerprint density at radius 2 is 1.30 bits per heavy atom. The number of hydrogen-bond donors (Lipinski definition) is 1. The summed E-state index contributed by atoms with van der Waals surface area (Å²) in [5, 5.41) is 9.64. The van der Waals surface area contributed by atoms with Gasteiger partial charge in [0.1, 0.15) is 5.75 Å². The van der Waals surface area contributed by atoms with Crippen LogP contribution in [-0.2, 0) is 19.5 Å². The summed E-state index contributed by atoms with van der Waals surface area (Å²) in [6.45, 7) is 10.6. The number of aryl methyl sites for hydroxylation is 3. The van der Waals surface area contributed by atoms with Crippen molar-refractivity contribution in [3.8, 4) is 5.75 Å². The zero-order valence-corrected chi connectivity index (χ0v) is 21.0. The molecule has 0 saturated carbocycles. The van der Waals surface area contributed by atoms with Crippen LogP contribution in [0.4, 0.5) is 5.69 Å². The van der Waals surface area contributed by atoms with Gasteiger partial charge in [0.25, 0.3) is 0 Å². The molecule has 0 aliphatic carbocycles. The summed E-state index contributed by atoms with van der Waals surface area (Å²) in [5.41, 5.74) is 6.73. The third kappa shape index (κ3) is 9.05. The smallest absolute Gasteiger partial charge is 0.507 e. The van der Waals surface area contributed by atoms with Crippen molar-refractivity contribution in [3.05, 3.63) is 109 Å². The Hall–Kier alpha value is -2.25. The molecule has 0 aromatic heterocycles. The molecule has 0 fully saturated rings. The van der Waals surface area contributed by atoms with Crippen LogP contribution in [0.3, 0.4) is 0 Å². The molecule has 3 aromatic carbocycles. The number of hydrogen-bond acceptors (Lipinski definition) is 2. The number of para-hydroxylation sites is 2. The molecule has 2 nitrogen and oxygen atoms in total. The van der Waals surface area contributed by atoms with Crippen LogP contribution in [0.5, 0.6) is 5.75 Å². The van der Waals surface area contributed by atoms with Gasteiger partial charge >= 0.3 is 19.5 Å². The Labute approximate surface area is 196 Å². The van der Waals surface area contributed by atoms with E-state index in [1.165, 1.54) is 11.1 Å². The third-order valence-corrected chi connectivity index (χ3v) is 4.45. The quantitative estimate of drug-likeness (QED) is 0.227. The zero-order valence-electron chi connectivity index (χ0n) is 19.3. The van der Waals surface area contributed by atoms with Crippen molar-refractivity contribution in [1.29, 1.82) is 0 Å². The maximum atomic E-state index is 9.64. The molecule has 0 saturated heterocycles. The maximum Gasteiger partial charge on any atom is 2.00 e. The van der Waals surface area contributed by atoms with E-state index in [0.717, 1.165) is 22.4 Å². The molecule has 0 spiro atoms. The van der Waals surface area contributed by atoms with E-state index >= 15 is 0 Å². The molecular weight excluding hydrogens is 455 g/mol. The molecule has 0 radical (unpaired) electrons. The SMILES string of the molecule is Cc1ccc(C(C)C)cc1.Cc1cccc(C)c1N=Cc1ccccc1O.[CH3-].[CH3-].[Ru+2]. The molecule has 1 N–H and O–H groups in total. The first-order valence-electron chi connectivity index (χ1n) is 9.33. The van der Waals surface area contributed by atoms with Crippen molar-refractivity contribution in [2.24, 2.45) is 4.99 Å². The minimum Gasteiger partial charge on any atom is -0.507 e. The molecule has 0 unspecified atom stereocenters. The molecule has 3 heteroatoms. The standard InChI is InChI=1S/C15H15NO.C10H14.2CH3.Ru/c1-11-6-5-7-12(2)15(11)16-10-13-8-3-4-9-14(13)17;1-8(2)10-6-4-9(3)5-7-10;;;/h3-10,17H,1-2H3;4-8H,1-3H3;2*1H3;/q;;2*-1;+2. The summed E-state index contributed by atoms with van der Waals surface area (Å²) in [6.07, 6.45) is 1.70. The molecule has 3 aromatic rings. The van der Waals surface area contributed by atoms with Crippen LogP contribution in [0.25, 0.3) is 0 Å². The predicted molar refractivity (Wildman–Crippen MR) is 129 cm³/mol. The van der Waals surface area contributed by atoms with Gasteiger partial charge in [-0.15, -0.1) is 0 Å². The topological polar surface area (TPSA) is 32.6 Å². The zero-order chi connectivity index (χ0) is 19.8. The minimum atomic E-state index is 0. The summed E-state index contributed by atoms with van der Waals surface area (Å²) < 4.78 is 0. The Kier molecular flexibility index (Phi) is 14.7. The normalized spacial score (nSPS) is 9.67. The van der Waals surface area contributed by atoms with Crippen molar-refractivity contribution in [2.75, 3.05) is 0 Å². The molecule has 0 amide bonds. The van der Waals surface area contributed by atoms with Gasteiger partial charge in [-0.2, -0.15) is 0 Å². The first kappa shape index (κ1) is 30.0. The van der Waals surface area contributed by atoms with E-state index in [9.17, 15) is 5.11 Å². The van der Waals surface area contributed by atoms with E-state index in [4.69, 9.17) is 0 Å². The molecule has 30 heavy (non-hydrogen) atoms. The number of rotatable bonds is 3. The number of nitrogens with zero attached hydrogens (tertiary/aromatic N) is 1. The largest absolute Gasteiger partial charge is 2.00 e. The van der Waals surface area contributed by atoms with Crippen LogP contribution in [-0.4, -0.2) is 11.3 Å². The van der Waals surface area contributed by atoms with Crippen molar-refractivity contribution in [2.45, 2.75) is 40.5 Å². The van der Waals surface area contributed by atoms with Crippen LogP contribution in [0.15, 0.2) is 71.7 Å². The number of benzene rings is 3. The molecule has 3 rings (SSSR count). The van der Waals surface area contributed by atoms with E-state index in [2.05, 4.69) is 50.0 Å². The molecular formula is C27H35NORu. The monoisotopic (exact) mass is 491 g/mol.